The van der Waals surface area contributed by atoms with Gasteiger partial charge in [0.15, 0.2) is 0 Å². The van der Waals surface area contributed by atoms with Crippen LogP contribution in [0, 0.1) is 0 Å². The summed E-state index contributed by atoms with van der Waals surface area (Å²) < 4.78 is 5.87. The van der Waals surface area contributed by atoms with E-state index in [4.69, 9.17) is 4.74 Å². The molecule has 0 unspecified atom stereocenters. The lowest BCUT2D eigenvalue weighted by atomic mass is 9.88. The Bertz CT molecular complexity index is 514. The Morgan fingerprint density at radius 2 is 1.52 bits per heavy atom. The van der Waals surface area contributed by atoms with E-state index in [0.717, 1.165) is 44.9 Å². The zero-order valence-corrected chi connectivity index (χ0v) is 14.4. The molecule has 1 N–H and O–H groups in total. The third-order valence-electron chi connectivity index (χ3n) is 4.30. The van der Waals surface area contributed by atoms with Crippen LogP contribution in [0.1, 0.15) is 86.4 Å². The van der Waals surface area contributed by atoms with Crippen LogP contribution in [0.25, 0.3) is 0 Å². The van der Waals surface area contributed by atoms with E-state index < -0.39 is 17.5 Å². The Labute approximate surface area is 138 Å². The van der Waals surface area contributed by atoms with E-state index in [1.807, 2.05) is 6.92 Å². The summed E-state index contributed by atoms with van der Waals surface area (Å²) in [5.41, 5.74) is -0.367. The lowest BCUT2D eigenvalue weighted by Gasteiger charge is -2.33. The predicted molar refractivity (Wildman–Crippen MR) is 90.9 cm³/mol. The number of hydrogen-bond acceptors (Lipinski definition) is 3. The van der Waals surface area contributed by atoms with Gasteiger partial charge in [-0.05, 0) is 44.2 Å². The molecule has 0 saturated heterocycles. The molecule has 0 aliphatic heterocycles. The summed E-state index contributed by atoms with van der Waals surface area (Å²) in [5.74, 6) is -1.64. The Morgan fingerprint density at radius 1 is 1.00 bits per heavy atom. The molecule has 0 aliphatic rings. The molecule has 0 bridgehead atoms. The van der Waals surface area contributed by atoms with E-state index in [1.165, 1.54) is 12.1 Å². The van der Waals surface area contributed by atoms with Crippen LogP contribution in [0.5, 0.6) is 0 Å². The van der Waals surface area contributed by atoms with Crippen LogP contribution in [-0.4, -0.2) is 22.6 Å². The van der Waals surface area contributed by atoms with Gasteiger partial charge >= 0.3 is 11.9 Å². The van der Waals surface area contributed by atoms with Gasteiger partial charge in [-0.2, -0.15) is 0 Å². The molecule has 4 heteroatoms. The van der Waals surface area contributed by atoms with Crippen LogP contribution in [0.2, 0.25) is 0 Å². The zero-order chi connectivity index (χ0) is 17.3. The van der Waals surface area contributed by atoms with Gasteiger partial charge in [-0.15, -0.1) is 0 Å². The van der Waals surface area contributed by atoms with Crippen LogP contribution in [-0.2, 0) is 4.74 Å². The summed E-state index contributed by atoms with van der Waals surface area (Å²) >= 11 is 0. The van der Waals surface area contributed by atoms with Crippen molar-refractivity contribution < 1.29 is 19.4 Å². The fourth-order valence-electron chi connectivity index (χ4n) is 2.75. The molecule has 0 aromatic heterocycles. The molecule has 0 heterocycles. The lowest BCUT2D eigenvalue weighted by Crippen LogP contribution is -2.35. The van der Waals surface area contributed by atoms with Crippen molar-refractivity contribution in [3.05, 3.63) is 35.4 Å². The number of rotatable bonds is 10. The van der Waals surface area contributed by atoms with Gasteiger partial charge in [-0.1, -0.05) is 45.7 Å². The molecule has 0 spiro atoms. The van der Waals surface area contributed by atoms with Gasteiger partial charge in [0.05, 0.1) is 11.1 Å². The van der Waals surface area contributed by atoms with Crippen LogP contribution < -0.4 is 0 Å². The Morgan fingerprint density at radius 3 is 1.96 bits per heavy atom. The maximum absolute atomic E-state index is 12.6. The minimum Gasteiger partial charge on any atom is -0.478 e. The summed E-state index contributed by atoms with van der Waals surface area (Å²) in [6.07, 6.45) is 6.45. The van der Waals surface area contributed by atoms with Gasteiger partial charge in [-0.25, -0.2) is 9.59 Å². The van der Waals surface area contributed by atoms with Crippen molar-refractivity contribution in [1.82, 2.24) is 0 Å². The summed E-state index contributed by atoms with van der Waals surface area (Å²) in [7, 11) is 0. The second kappa shape index (κ2) is 9.33. The first-order valence-electron chi connectivity index (χ1n) is 8.55. The zero-order valence-electron chi connectivity index (χ0n) is 14.4. The SMILES string of the molecule is CCCCC(CC)(CCCC)OC(=O)c1ccccc1C(=O)O. The van der Waals surface area contributed by atoms with Crippen LogP contribution in [0.3, 0.4) is 0 Å². The molecule has 0 amide bonds. The number of ether oxygens (including phenoxy) is 1. The van der Waals surface area contributed by atoms with Gasteiger partial charge < -0.3 is 9.84 Å². The van der Waals surface area contributed by atoms with E-state index in [2.05, 4.69) is 13.8 Å². The monoisotopic (exact) mass is 320 g/mol. The highest BCUT2D eigenvalue weighted by Crippen LogP contribution is 2.31. The lowest BCUT2D eigenvalue weighted by molar-refractivity contribution is -0.0321. The van der Waals surface area contributed by atoms with Crippen molar-refractivity contribution in [2.24, 2.45) is 0 Å². The first-order chi connectivity index (χ1) is 11.0. The van der Waals surface area contributed by atoms with Gasteiger partial charge in [-0.3, -0.25) is 0 Å². The molecule has 128 valence electrons. The Kier molecular flexibility index (Phi) is 7.79. The standard InChI is InChI=1S/C19H28O4/c1-4-7-13-19(6-3,14-8-5-2)23-18(22)16-12-10-9-11-15(16)17(20)21/h9-12H,4-8,13-14H2,1-3H3,(H,20,21). The van der Waals surface area contributed by atoms with Crippen molar-refractivity contribution >= 4 is 11.9 Å². The van der Waals surface area contributed by atoms with Crippen molar-refractivity contribution in [2.45, 2.75) is 71.3 Å². The number of carboxylic acid groups (broad SMARTS) is 1. The molecular formula is C19H28O4. The second-order valence-corrected chi connectivity index (χ2v) is 5.98. The number of carboxylic acids is 1. The molecule has 0 fully saturated rings. The summed E-state index contributed by atoms with van der Waals surface area (Å²) in [6.45, 7) is 6.26. The fraction of sp³-hybridized carbons (Fsp3) is 0.579. The van der Waals surface area contributed by atoms with Crippen molar-refractivity contribution in [3.63, 3.8) is 0 Å². The maximum Gasteiger partial charge on any atom is 0.339 e. The third kappa shape index (κ3) is 5.38. The average molecular weight is 320 g/mol. The van der Waals surface area contributed by atoms with E-state index in [0.29, 0.717) is 0 Å². The van der Waals surface area contributed by atoms with Crippen LogP contribution in [0.4, 0.5) is 0 Å². The van der Waals surface area contributed by atoms with Crippen molar-refractivity contribution in [1.29, 1.82) is 0 Å². The van der Waals surface area contributed by atoms with E-state index >= 15 is 0 Å². The Hall–Kier alpha value is -1.84. The van der Waals surface area contributed by atoms with Gasteiger partial charge in [0.2, 0.25) is 0 Å². The van der Waals surface area contributed by atoms with Crippen molar-refractivity contribution in [2.75, 3.05) is 0 Å². The highest BCUT2D eigenvalue weighted by molar-refractivity contribution is 6.02. The number of hydrogen-bond donors (Lipinski definition) is 1. The molecule has 4 nitrogen and oxygen atoms in total. The van der Waals surface area contributed by atoms with E-state index in [9.17, 15) is 14.7 Å². The minimum absolute atomic E-state index is 0.00603. The number of esters is 1. The number of benzene rings is 1. The molecule has 1 aromatic carbocycles. The molecule has 1 aromatic rings. The Balaban J connectivity index is 3.02. The third-order valence-corrected chi connectivity index (χ3v) is 4.30. The second-order valence-electron chi connectivity index (χ2n) is 5.98. The molecule has 0 aliphatic carbocycles. The van der Waals surface area contributed by atoms with Crippen LogP contribution >= 0.6 is 0 Å². The largest absolute Gasteiger partial charge is 0.478 e. The minimum atomic E-state index is -1.11. The number of aromatic carboxylic acids is 1. The van der Waals surface area contributed by atoms with Gasteiger partial charge in [0, 0.05) is 0 Å². The summed E-state index contributed by atoms with van der Waals surface area (Å²) in [6, 6.07) is 6.23. The first-order valence-corrected chi connectivity index (χ1v) is 8.55. The number of carbonyl (C=O) groups excluding carboxylic acids is 1. The quantitative estimate of drug-likeness (QED) is 0.611. The molecule has 0 saturated carbocycles. The van der Waals surface area contributed by atoms with Gasteiger partial charge in [0.25, 0.3) is 0 Å². The highest BCUT2D eigenvalue weighted by Gasteiger charge is 2.32. The number of carbonyl (C=O) groups is 2. The average Bonchev–Trinajstić information content (AvgIpc) is 2.57. The van der Waals surface area contributed by atoms with Crippen LogP contribution in [0.15, 0.2) is 24.3 Å². The normalized spacial score (nSPS) is 11.3. The topological polar surface area (TPSA) is 63.6 Å². The van der Waals surface area contributed by atoms with Gasteiger partial charge in [0.1, 0.15) is 5.60 Å². The van der Waals surface area contributed by atoms with E-state index in [1.54, 1.807) is 12.1 Å². The van der Waals surface area contributed by atoms with E-state index in [-0.39, 0.29) is 11.1 Å². The molecule has 23 heavy (non-hydrogen) atoms. The number of unbranched alkanes of at least 4 members (excludes halogenated alkanes) is 2. The molecule has 0 atom stereocenters. The molecular weight excluding hydrogens is 292 g/mol. The first kappa shape index (κ1) is 19.2. The smallest absolute Gasteiger partial charge is 0.339 e. The summed E-state index contributed by atoms with van der Waals surface area (Å²) in [5, 5.41) is 9.25. The fourth-order valence-corrected chi connectivity index (χ4v) is 2.75. The summed E-state index contributed by atoms with van der Waals surface area (Å²) in [4.78, 5) is 23.9. The maximum atomic E-state index is 12.6. The molecule has 1 rings (SSSR count). The van der Waals surface area contributed by atoms with Crippen molar-refractivity contribution in [3.8, 4) is 0 Å². The molecule has 0 radical (unpaired) electrons. The predicted octanol–water partition coefficient (Wildman–Crippen LogP) is 5.07. The highest BCUT2D eigenvalue weighted by atomic mass is 16.6.